The summed E-state index contributed by atoms with van der Waals surface area (Å²) in [6.07, 6.45) is 0.987. The van der Waals surface area contributed by atoms with Crippen LogP contribution in [-0.2, 0) is 26.2 Å². The van der Waals surface area contributed by atoms with E-state index in [4.69, 9.17) is 5.73 Å². The van der Waals surface area contributed by atoms with Gasteiger partial charge in [0.15, 0.2) is 9.84 Å². The highest BCUT2D eigenvalue weighted by Gasteiger charge is 2.26. The van der Waals surface area contributed by atoms with Crippen LogP contribution in [0.1, 0.15) is 4.88 Å². The summed E-state index contributed by atoms with van der Waals surface area (Å²) in [6, 6.07) is 8.66. The molecule has 0 atom stereocenters. The van der Waals surface area contributed by atoms with Crippen LogP contribution in [0.15, 0.2) is 50.4 Å². The third kappa shape index (κ3) is 2.78. The number of hydrogen-bond donors (Lipinski definition) is 1. The Kier molecular flexibility index (Phi) is 4.01. The Labute approximate surface area is 121 Å². The second-order valence-electron chi connectivity index (χ2n) is 4.15. The summed E-state index contributed by atoms with van der Waals surface area (Å²) in [6.45, 7) is 0.244. The van der Waals surface area contributed by atoms with Crippen LogP contribution < -0.4 is 5.73 Å². The van der Waals surface area contributed by atoms with Gasteiger partial charge in [-0.2, -0.15) is 0 Å². The van der Waals surface area contributed by atoms with E-state index in [1.807, 2.05) is 0 Å². The van der Waals surface area contributed by atoms with Crippen molar-refractivity contribution in [3.63, 3.8) is 0 Å². The molecule has 0 aliphatic rings. The predicted octanol–water partition coefficient (Wildman–Crippen LogP) is 1.44. The molecular formula is C12H13NO4S3. The molecular weight excluding hydrogens is 318 g/mol. The van der Waals surface area contributed by atoms with Gasteiger partial charge < -0.3 is 5.73 Å². The van der Waals surface area contributed by atoms with Gasteiger partial charge in [0.1, 0.15) is 4.21 Å². The third-order valence-corrected chi connectivity index (χ3v) is 7.34. The molecule has 2 rings (SSSR count). The lowest BCUT2D eigenvalue weighted by atomic mass is 10.4. The van der Waals surface area contributed by atoms with Crippen LogP contribution in [0.4, 0.5) is 0 Å². The fourth-order valence-corrected chi connectivity index (χ4v) is 5.94. The van der Waals surface area contributed by atoms with Crippen LogP contribution in [-0.4, -0.2) is 23.1 Å². The Morgan fingerprint density at radius 3 is 2.10 bits per heavy atom. The van der Waals surface area contributed by atoms with E-state index in [-0.39, 0.29) is 20.5 Å². The van der Waals surface area contributed by atoms with Crippen molar-refractivity contribution < 1.29 is 16.8 Å². The SMILES string of the molecule is CS(=O)(=O)c1ccccc1S(=O)(=O)c1ccc(CN)s1. The first-order valence-corrected chi connectivity index (χ1v) is 9.79. The van der Waals surface area contributed by atoms with Crippen molar-refractivity contribution in [1.29, 1.82) is 0 Å². The molecule has 0 aliphatic carbocycles. The zero-order valence-electron chi connectivity index (χ0n) is 10.6. The molecule has 5 nitrogen and oxygen atoms in total. The van der Waals surface area contributed by atoms with Crippen LogP contribution in [0.5, 0.6) is 0 Å². The summed E-state index contributed by atoms with van der Waals surface area (Å²) in [5.41, 5.74) is 5.46. The molecule has 0 bridgehead atoms. The molecule has 0 amide bonds. The second kappa shape index (κ2) is 5.28. The Hall–Kier alpha value is -1.22. The zero-order chi connectivity index (χ0) is 15.0. The summed E-state index contributed by atoms with van der Waals surface area (Å²) in [7, 11) is -7.48. The van der Waals surface area contributed by atoms with Gasteiger partial charge in [0.05, 0.1) is 9.79 Å². The number of thiophene rings is 1. The molecule has 2 N–H and O–H groups in total. The molecule has 8 heteroatoms. The first-order chi connectivity index (χ1) is 9.26. The molecule has 0 saturated carbocycles. The molecule has 20 heavy (non-hydrogen) atoms. The summed E-state index contributed by atoms with van der Waals surface area (Å²) < 4.78 is 48.6. The number of rotatable bonds is 4. The van der Waals surface area contributed by atoms with Crippen molar-refractivity contribution in [1.82, 2.24) is 0 Å². The molecule has 0 aliphatic heterocycles. The zero-order valence-corrected chi connectivity index (χ0v) is 13.1. The molecule has 0 unspecified atom stereocenters. The highest BCUT2D eigenvalue weighted by Crippen LogP contribution is 2.31. The van der Waals surface area contributed by atoms with E-state index in [0.717, 1.165) is 22.5 Å². The van der Waals surface area contributed by atoms with E-state index < -0.39 is 19.7 Å². The fourth-order valence-electron chi connectivity index (χ4n) is 1.70. The quantitative estimate of drug-likeness (QED) is 0.915. The lowest BCUT2D eigenvalue weighted by molar-refractivity contribution is 0.586. The molecule has 0 saturated heterocycles. The van der Waals surface area contributed by atoms with E-state index in [1.54, 1.807) is 6.07 Å². The van der Waals surface area contributed by atoms with Crippen LogP contribution in [0.2, 0.25) is 0 Å². The molecule has 0 fully saturated rings. The summed E-state index contributed by atoms with van der Waals surface area (Å²) >= 11 is 1.05. The molecule has 1 aromatic carbocycles. The first-order valence-electron chi connectivity index (χ1n) is 5.60. The average molecular weight is 331 g/mol. The minimum Gasteiger partial charge on any atom is -0.326 e. The fraction of sp³-hybridized carbons (Fsp3) is 0.167. The van der Waals surface area contributed by atoms with E-state index >= 15 is 0 Å². The Balaban J connectivity index is 2.67. The lowest BCUT2D eigenvalue weighted by Crippen LogP contribution is -2.08. The predicted molar refractivity (Wildman–Crippen MR) is 77.2 cm³/mol. The van der Waals surface area contributed by atoms with Crippen molar-refractivity contribution in [2.45, 2.75) is 20.5 Å². The summed E-state index contributed by atoms with van der Waals surface area (Å²) in [5, 5.41) is 0. The third-order valence-electron chi connectivity index (χ3n) is 2.64. The topological polar surface area (TPSA) is 94.3 Å². The van der Waals surface area contributed by atoms with Gasteiger partial charge in [-0.15, -0.1) is 11.3 Å². The number of hydrogen-bond acceptors (Lipinski definition) is 6. The molecule has 1 aromatic heterocycles. The largest absolute Gasteiger partial charge is 0.326 e. The van der Waals surface area contributed by atoms with Gasteiger partial charge in [-0.25, -0.2) is 16.8 Å². The van der Waals surface area contributed by atoms with E-state index in [9.17, 15) is 16.8 Å². The van der Waals surface area contributed by atoms with Crippen LogP contribution >= 0.6 is 11.3 Å². The standard InChI is InChI=1S/C12H13NO4S3/c1-19(14,15)10-4-2-3-5-11(10)20(16,17)12-7-6-9(8-13)18-12/h2-7H,8,13H2,1H3. The highest BCUT2D eigenvalue weighted by molar-refractivity contribution is 7.95. The van der Waals surface area contributed by atoms with Crippen LogP contribution in [0.3, 0.4) is 0 Å². The monoisotopic (exact) mass is 331 g/mol. The van der Waals surface area contributed by atoms with Crippen molar-refractivity contribution in [3.8, 4) is 0 Å². The van der Waals surface area contributed by atoms with Gasteiger partial charge >= 0.3 is 0 Å². The van der Waals surface area contributed by atoms with E-state index in [2.05, 4.69) is 0 Å². The molecule has 0 radical (unpaired) electrons. The normalized spacial score (nSPS) is 12.5. The van der Waals surface area contributed by atoms with Crippen molar-refractivity contribution >= 4 is 31.0 Å². The number of nitrogens with two attached hydrogens (primary N) is 1. The maximum atomic E-state index is 12.5. The summed E-state index contributed by atoms with van der Waals surface area (Å²) in [5.74, 6) is 0. The van der Waals surface area contributed by atoms with Gasteiger partial charge in [-0.3, -0.25) is 0 Å². The molecule has 2 aromatic rings. The van der Waals surface area contributed by atoms with E-state index in [0.29, 0.717) is 0 Å². The smallest absolute Gasteiger partial charge is 0.217 e. The van der Waals surface area contributed by atoms with E-state index in [1.165, 1.54) is 30.3 Å². The maximum Gasteiger partial charge on any atom is 0.217 e. The van der Waals surface area contributed by atoms with Gasteiger partial charge in [0.2, 0.25) is 9.84 Å². The van der Waals surface area contributed by atoms with Crippen molar-refractivity contribution in [3.05, 3.63) is 41.3 Å². The minimum absolute atomic E-state index is 0.0917. The Bertz CT molecular complexity index is 835. The van der Waals surface area contributed by atoms with Crippen LogP contribution in [0, 0.1) is 0 Å². The molecule has 0 spiro atoms. The molecule has 1 heterocycles. The van der Waals surface area contributed by atoms with Gasteiger partial charge in [0.25, 0.3) is 0 Å². The Morgan fingerprint density at radius 2 is 1.60 bits per heavy atom. The molecule has 108 valence electrons. The highest BCUT2D eigenvalue weighted by atomic mass is 32.2. The van der Waals surface area contributed by atoms with Gasteiger partial charge in [-0.05, 0) is 24.3 Å². The van der Waals surface area contributed by atoms with Crippen molar-refractivity contribution in [2.75, 3.05) is 6.26 Å². The van der Waals surface area contributed by atoms with Gasteiger partial charge in [0, 0.05) is 17.7 Å². The lowest BCUT2D eigenvalue weighted by Gasteiger charge is -2.07. The number of sulfone groups is 2. The number of benzene rings is 1. The van der Waals surface area contributed by atoms with Gasteiger partial charge in [-0.1, -0.05) is 12.1 Å². The first kappa shape index (κ1) is 15.2. The van der Waals surface area contributed by atoms with Crippen molar-refractivity contribution in [2.24, 2.45) is 5.73 Å². The maximum absolute atomic E-state index is 12.5. The van der Waals surface area contributed by atoms with Crippen LogP contribution in [0.25, 0.3) is 0 Å². The average Bonchev–Trinajstić information content (AvgIpc) is 2.87. The summed E-state index contributed by atoms with van der Waals surface area (Å²) in [4.78, 5) is 0.330. The second-order valence-corrected chi connectivity index (χ2v) is 9.44. The minimum atomic E-state index is -3.86. The Morgan fingerprint density at radius 1 is 1.00 bits per heavy atom.